The molecule has 0 bridgehead atoms. The fourth-order valence-electron chi connectivity index (χ4n) is 2.87. The largest absolute Gasteiger partial charge is 0.444 e. The van der Waals surface area contributed by atoms with Crippen molar-refractivity contribution in [1.29, 1.82) is 0 Å². The summed E-state index contributed by atoms with van der Waals surface area (Å²) < 4.78 is 37.7. The molecule has 3 aromatic rings. The standard InChI is InChI=1S/C24H25F2N3O5S.3CH3.Al/c1-24(2,3)34-23(32)27-18(12-13-30)20(31)29-22-28-19(14-4-6-15(25)7-5-14)21(35-22)33-17-10-8-16(26)9-11-17;;;;/h4-11,18,30H,12-13H2,1-3H3,(H,27,32)(H,28,29,31);3*1H3;. The van der Waals surface area contributed by atoms with E-state index in [2.05, 4.69) is 33.0 Å². The molecule has 1 atom stereocenters. The molecule has 0 aliphatic carbocycles. The number of hydrogen-bond donors (Lipinski definition) is 3. The lowest BCUT2D eigenvalue weighted by molar-refractivity contribution is -0.118. The number of amides is 2. The number of halogens is 2. The molecule has 1 heterocycles. The maximum absolute atomic E-state index is 13.4. The van der Waals surface area contributed by atoms with Crippen molar-refractivity contribution in [2.24, 2.45) is 0 Å². The molecule has 1 unspecified atom stereocenters. The van der Waals surface area contributed by atoms with Gasteiger partial charge >= 0.3 is 6.09 Å². The number of benzene rings is 2. The highest BCUT2D eigenvalue weighted by atomic mass is 32.1. The third-order valence-corrected chi connectivity index (χ3v) is 5.24. The zero-order valence-corrected chi connectivity index (χ0v) is 24.9. The van der Waals surface area contributed by atoms with Crippen LogP contribution in [0.5, 0.6) is 10.8 Å². The van der Waals surface area contributed by atoms with Crippen LogP contribution >= 0.6 is 11.3 Å². The Balaban J connectivity index is 0.00000124. The summed E-state index contributed by atoms with van der Waals surface area (Å²) >= 11 is 0.852. The summed E-state index contributed by atoms with van der Waals surface area (Å²) in [5.74, 6) is 5.76. The number of ether oxygens (including phenoxy) is 2. The van der Waals surface area contributed by atoms with Crippen molar-refractivity contribution in [2.75, 3.05) is 11.9 Å². The van der Waals surface area contributed by atoms with E-state index in [1.807, 2.05) is 0 Å². The van der Waals surface area contributed by atoms with Crippen molar-refractivity contribution in [3.63, 3.8) is 0 Å². The Morgan fingerprint density at radius 1 is 1.03 bits per heavy atom. The quantitative estimate of drug-likeness (QED) is 0.265. The van der Waals surface area contributed by atoms with E-state index in [4.69, 9.17) is 9.47 Å². The van der Waals surface area contributed by atoms with Crippen LogP contribution in [-0.4, -0.2) is 54.5 Å². The van der Waals surface area contributed by atoms with Crippen LogP contribution < -0.4 is 15.4 Å². The van der Waals surface area contributed by atoms with E-state index in [-0.39, 0.29) is 37.4 Å². The molecule has 12 heteroatoms. The fourth-order valence-corrected chi connectivity index (χ4v) is 3.73. The first-order chi connectivity index (χ1) is 18.3. The van der Waals surface area contributed by atoms with E-state index in [1.165, 1.54) is 48.5 Å². The third-order valence-electron chi connectivity index (χ3n) is 4.39. The number of hydrogen-bond acceptors (Lipinski definition) is 7. The average Bonchev–Trinajstić information content (AvgIpc) is 3.21. The Morgan fingerprint density at radius 2 is 1.56 bits per heavy atom. The number of rotatable bonds is 8. The van der Waals surface area contributed by atoms with Gasteiger partial charge in [0.1, 0.15) is 34.7 Å². The van der Waals surface area contributed by atoms with Gasteiger partial charge in [-0.1, -0.05) is 11.3 Å². The molecular formula is C27H34AlF2N3O5S. The van der Waals surface area contributed by atoms with Gasteiger partial charge in [0.05, 0.1) is 0 Å². The number of nitrogens with one attached hydrogen (secondary N) is 2. The number of nitrogens with zero attached hydrogens (tertiary/aromatic N) is 1. The lowest BCUT2D eigenvalue weighted by Gasteiger charge is -2.22. The highest BCUT2D eigenvalue weighted by molar-refractivity contribution is 7.18. The van der Waals surface area contributed by atoms with Crippen LogP contribution in [0.1, 0.15) is 27.2 Å². The molecule has 0 saturated carbocycles. The molecule has 0 aliphatic heterocycles. The van der Waals surface area contributed by atoms with Gasteiger partial charge in [0, 0.05) is 12.2 Å². The number of aromatic nitrogens is 1. The molecular weight excluding hydrogens is 543 g/mol. The Kier molecular flexibility index (Phi) is 12.3. The van der Waals surface area contributed by atoms with Crippen molar-refractivity contribution in [3.8, 4) is 22.1 Å². The average molecular weight is 578 g/mol. The van der Waals surface area contributed by atoms with Crippen LogP contribution in [0.4, 0.5) is 18.7 Å². The Labute approximate surface area is 235 Å². The lowest BCUT2D eigenvalue weighted by Crippen LogP contribution is -2.46. The van der Waals surface area contributed by atoms with Gasteiger partial charge in [-0.15, -0.1) is 17.4 Å². The third kappa shape index (κ3) is 11.7. The van der Waals surface area contributed by atoms with Gasteiger partial charge in [-0.3, -0.25) is 4.79 Å². The molecule has 2 aromatic carbocycles. The summed E-state index contributed by atoms with van der Waals surface area (Å²) in [7, 11) is 0. The molecule has 0 saturated heterocycles. The minimum absolute atomic E-state index is 0.0553. The van der Waals surface area contributed by atoms with E-state index >= 15 is 0 Å². The smallest absolute Gasteiger partial charge is 0.408 e. The number of thiazole rings is 1. The summed E-state index contributed by atoms with van der Waals surface area (Å²) in [6, 6.07) is 9.78. The van der Waals surface area contributed by atoms with Crippen molar-refractivity contribution >= 4 is 42.6 Å². The number of aliphatic hydroxyl groups is 1. The normalized spacial score (nSPS) is 11.5. The monoisotopic (exact) mass is 577 g/mol. The number of carbonyl (C=O) groups is 2. The highest BCUT2D eigenvalue weighted by Crippen LogP contribution is 2.40. The zero-order valence-electron chi connectivity index (χ0n) is 22.9. The van der Waals surface area contributed by atoms with Gasteiger partial charge in [-0.05, 0) is 75.7 Å². The molecule has 0 fully saturated rings. The first-order valence-electron chi connectivity index (χ1n) is 12.4. The molecule has 8 nitrogen and oxygen atoms in total. The Morgan fingerprint density at radius 3 is 2.08 bits per heavy atom. The summed E-state index contributed by atoms with van der Waals surface area (Å²) in [5.41, 5.74) is 0.0866. The minimum atomic E-state index is -1.09. The van der Waals surface area contributed by atoms with E-state index in [1.54, 1.807) is 20.8 Å². The van der Waals surface area contributed by atoms with Gasteiger partial charge in [0.15, 0.2) is 5.13 Å². The molecule has 0 aliphatic rings. The first-order valence-corrected chi connectivity index (χ1v) is 16.7. The topological polar surface area (TPSA) is 110 Å². The SMILES string of the molecule is CC(C)(C)OC(=O)NC(CCO)C(=O)Nc1nc(-c2ccc(F)cc2)c(Oc2ccc(F)cc2)s1.[CH3][Al]([CH3])[CH3]. The van der Waals surface area contributed by atoms with Gasteiger partial charge in [0.25, 0.3) is 14.1 Å². The van der Waals surface area contributed by atoms with E-state index in [0.717, 1.165) is 11.3 Å². The van der Waals surface area contributed by atoms with Crippen LogP contribution in [0.15, 0.2) is 48.5 Å². The molecule has 210 valence electrons. The molecule has 0 radical (unpaired) electrons. The predicted octanol–water partition coefficient (Wildman–Crippen LogP) is 6.47. The van der Waals surface area contributed by atoms with E-state index in [9.17, 15) is 23.5 Å². The summed E-state index contributed by atoms with van der Waals surface area (Å²) in [4.78, 5) is 29.4. The molecule has 2 amide bonds. The van der Waals surface area contributed by atoms with Gasteiger partial charge < -0.3 is 25.2 Å². The molecule has 0 spiro atoms. The maximum Gasteiger partial charge on any atom is 0.408 e. The fraction of sp³-hybridized carbons (Fsp3) is 0.370. The molecule has 3 N–H and O–H groups in total. The summed E-state index contributed by atoms with van der Waals surface area (Å²) in [5, 5.41) is 14.8. The first kappa shape index (κ1) is 32.2. The van der Waals surface area contributed by atoms with Gasteiger partial charge in [-0.2, -0.15) is 0 Å². The summed E-state index contributed by atoms with van der Waals surface area (Å²) in [6.07, 6.45) is -0.863. The van der Waals surface area contributed by atoms with Crippen molar-refractivity contribution < 1.29 is 33.0 Å². The maximum atomic E-state index is 13.4. The van der Waals surface area contributed by atoms with Crippen LogP contribution in [0.3, 0.4) is 0 Å². The van der Waals surface area contributed by atoms with Crippen LogP contribution in [0, 0.1) is 11.6 Å². The second-order valence-corrected chi connectivity index (χ2v) is 14.6. The minimum Gasteiger partial charge on any atom is -0.444 e. The number of alkyl carbamates (subject to hydrolysis) is 1. The molecule has 39 heavy (non-hydrogen) atoms. The highest BCUT2D eigenvalue weighted by Gasteiger charge is 2.26. The van der Waals surface area contributed by atoms with Crippen LogP contribution in [0.2, 0.25) is 17.4 Å². The Hall–Kier alpha value is -3.04. The Bertz CT molecular complexity index is 1210. The van der Waals surface area contributed by atoms with Gasteiger partial charge in [-0.25, -0.2) is 18.6 Å². The predicted molar refractivity (Wildman–Crippen MR) is 151 cm³/mol. The lowest BCUT2D eigenvalue weighted by atomic mass is 10.2. The van der Waals surface area contributed by atoms with Crippen LogP contribution in [0.25, 0.3) is 11.3 Å². The van der Waals surface area contributed by atoms with Crippen molar-refractivity contribution in [2.45, 2.75) is 56.2 Å². The number of aliphatic hydroxyl groups excluding tert-OH is 1. The number of anilines is 1. The number of carbonyl (C=O) groups excluding carboxylic acids is 2. The second kappa shape index (κ2) is 14.9. The van der Waals surface area contributed by atoms with Gasteiger partial charge in [0.2, 0.25) is 11.0 Å². The van der Waals surface area contributed by atoms with Crippen molar-refractivity contribution in [1.82, 2.24) is 10.3 Å². The molecule has 3 rings (SSSR count). The zero-order chi connectivity index (χ0) is 29.2. The van der Waals surface area contributed by atoms with Crippen LogP contribution in [-0.2, 0) is 9.53 Å². The van der Waals surface area contributed by atoms with E-state index < -0.39 is 35.3 Å². The summed E-state index contributed by atoms with van der Waals surface area (Å²) in [6.45, 7) is 4.69. The van der Waals surface area contributed by atoms with Crippen molar-refractivity contribution in [3.05, 3.63) is 60.2 Å². The molecule has 1 aromatic heterocycles. The second-order valence-electron chi connectivity index (χ2n) is 10.2. The van der Waals surface area contributed by atoms with E-state index in [0.29, 0.717) is 17.0 Å².